The molecule has 2 spiro atoms. The molecule has 0 aromatic carbocycles. The fraction of sp³-hybridized carbons (Fsp3) is 0.636. The largest absolute Gasteiger partial charge is 0.401 e. The molecule has 30 heavy (non-hydrogen) atoms. The number of hydrogen-bond acceptors (Lipinski definition) is 7. The van der Waals surface area contributed by atoms with Gasteiger partial charge in [-0.2, -0.15) is 0 Å². The summed E-state index contributed by atoms with van der Waals surface area (Å²) in [6.07, 6.45) is 5.89. The van der Waals surface area contributed by atoms with Crippen LogP contribution >= 0.6 is 11.6 Å². The molecule has 5 rings (SSSR count). The zero-order valence-electron chi connectivity index (χ0n) is 17.0. The van der Waals surface area contributed by atoms with Crippen LogP contribution in [0.15, 0.2) is 11.3 Å². The van der Waals surface area contributed by atoms with Crippen LogP contribution in [0.1, 0.15) is 73.2 Å². The number of fused-ring (bicyclic) bond motifs is 2. The van der Waals surface area contributed by atoms with E-state index in [1.165, 1.54) is 0 Å². The van der Waals surface area contributed by atoms with Crippen LogP contribution in [0.4, 0.5) is 0 Å². The highest BCUT2D eigenvalue weighted by atomic mass is 35.5. The average molecular weight is 432 g/mol. The van der Waals surface area contributed by atoms with Crippen molar-refractivity contribution in [1.82, 2.24) is 9.97 Å². The summed E-state index contributed by atoms with van der Waals surface area (Å²) in [5, 5.41) is 0.243. The number of halogens is 1. The zero-order chi connectivity index (χ0) is 20.9. The Morgan fingerprint density at radius 2 is 1.83 bits per heavy atom. The summed E-state index contributed by atoms with van der Waals surface area (Å²) < 4.78 is 11.4. The van der Waals surface area contributed by atoms with Gasteiger partial charge in [-0.1, -0.05) is 18.0 Å². The Hall–Kier alpha value is -1.83. The molecule has 1 saturated heterocycles. The topological polar surface area (TPSA) is 104 Å². The Kier molecular flexibility index (Phi) is 4.95. The van der Waals surface area contributed by atoms with Crippen LogP contribution < -0.4 is 5.73 Å². The fourth-order valence-corrected chi connectivity index (χ4v) is 5.81. The third-order valence-electron chi connectivity index (χ3n) is 7.33. The van der Waals surface area contributed by atoms with Crippen molar-refractivity contribution >= 4 is 23.2 Å². The molecule has 0 amide bonds. The third-order valence-corrected chi connectivity index (χ3v) is 7.64. The molecule has 0 unspecified atom stereocenters. The van der Waals surface area contributed by atoms with Crippen molar-refractivity contribution in [2.24, 2.45) is 11.1 Å². The van der Waals surface area contributed by atoms with E-state index in [9.17, 15) is 9.59 Å². The summed E-state index contributed by atoms with van der Waals surface area (Å²) >= 11 is 6.47. The smallest absolute Gasteiger partial charge is 0.228 e. The molecule has 2 fully saturated rings. The Morgan fingerprint density at radius 1 is 1.03 bits per heavy atom. The molecule has 1 saturated carbocycles. The number of allylic oxidation sites excluding steroid dienone is 2. The molecule has 1 aromatic heterocycles. The highest BCUT2D eigenvalue weighted by Crippen LogP contribution is 2.47. The second kappa shape index (κ2) is 7.39. The minimum Gasteiger partial charge on any atom is -0.401 e. The van der Waals surface area contributed by atoms with E-state index in [1.54, 1.807) is 0 Å². The van der Waals surface area contributed by atoms with Gasteiger partial charge in [-0.15, -0.1) is 0 Å². The van der Waals surface area contributed by atoms with Crippen molar-refractivity contribution in [3.8, 4) is 0 Å². The molecule has 2 aliphatic heterocycles. The molecule has 4 aliphatic rings. The summed E-state index contributed by atoms with van der Waals surface area (Å²) in [6, 6.07) is 0. The van der Waals surface area contributed by atoms with Crippen molar-refractivity contribution in [3.05, 3.63) is 33.5 Å². The standard InChI is InChI=1S/C22H26ClN3O4/c23-19-14-10-30-12-21(8-9-29-11-21)18(14)25-20(26-19)16(28)13-4-3-7-22(17(13)24)6-2-1-5-15(22)27/h1-12,24H2/t21-,22-/m1/s1. The van der Waals surface area contributed by atoms with Gasteiger partial charge in [0.05, 0.1) is 36.3 Å². The maximum Gasteiger partial charge on any atom is 0.228 e. The van der Waals surface area contributed by atoms with Crippen molar-refractivity contribution in [2.45, 2.75) is 63.4 Å². The van der Waals surface area contributed by atoms with Crippen molar-refractivity contribution in [3.63, 3.8) is 0 Å². The number of carbonyl (C=O) groups excluding carboxylic acids is 2. The van der Waals surface area contributed by atoms with Crippen LogP contribution in [0, 0.1) is 5.41 Å². The first-order valence-electron chi connectivity index (χ1n) is 10.8. The molecule has 0 radical (unpaired) electrons. The van der Waals surface area contributed by atoms with E-state index in [0.29, 0.717) is 50.5 Å². The van der Waals surface area contributed by atoms with Crippen molar-refractivity contribution in [1.29, 1.82) is 0 Å². The maximum absolute atomic E-state index is 13.5. The number of Topliss-reactive ketones (excluding diaryl/α,β-unsaturated/α-hetero) is 2. The minimum absolute atomic E-state index is 0.0604. The number of nitrogens with two attached hydrogens (primary N) is 1. The maximum atomic E-state index is 13.5. The molecule has 2 aliphatic carbocycles. The third kappa shape index (κ3) is 2.93. The lowest BCUT2D eigenvalue weighted by Gasteiger charge is -2.40. The van der Waals surface area contributed by atoms with Crippen LogP contribution in [-0.2, 0) is 26.3 Å². The first kappa shape index (κ1) is 20.1. The van der Waals surface area contributed by atoms with Crippen molar-refractivity contribution < 1.29 is 19.1 Å². The lowest BCUT2D eigenvalue weighted by atomic mass is 9.64. The van der Waals surface area contributed by atoms with Gasteiger partial charge in [0.15, 0.2) is 0 Å². The van der Waals surface area contributed by atoms with Crippen LogP contribution in [0.3, 0.4) is 0 Å². The van der Waals surface area contributed by atoms with Gasteiger partial charge in [0.2, 0.25) is 11.6 Å². The number of ether oxygens (including phenoxy) is 2. The summed E-state index contributed by atoms with van der Waals surface area (Å²) in [6.45, 7) is 1.93. The van der Waals surface area contributed by atoms with Gasteiger partial charge in [0.1, 0.15) is 10.9 Å². The van der Waals surface area contributed by atoms with E-state index in [2.05, 4.69) is 4.98 Å². The minimum atomic E-state index is -0.687. The second-order valence-corrected chi connectivity index (χ2v) is 9.39. The molecular weight excluding hydrogens is 406 g/mol. The Bertz CT molecular complexity index is 954. The number of aromatic nitrogens is 2. The van der Waals surface area contributed by atoms with Gasteiger partial charge in [0, 0.05) is 29.9 Å². The van der Waals surface area contributed by atoms with E-state index in [-0.39, 0.29) is 28.0 Å². The van der Waals surface area contributed by atoms with Crippen molar-refractivity contribution in [2.75, 3.05) is 19.8 Å². The second-order valence-electron chi connectivity index (χ2n) is 9.03. The first-order chi connectivity index (χ1) is 14.5. The number of carbonyl (C=O) groups is 2. The van der Waals surface area contributed by atoms with E-state index in [0.717, 1.165) is 49.8 Å². The van der Waals surface area contributed by atoms with Crippen LogP contribution in [-0.4, -0.2) is 41.4 Å². The van der Waals surface area contributed by atoms with Gasteiger partial charge in [0.25, 0.3) is 0 Å². The number of rotatable bonds is 2. The van der Waals surface area contributed by atoms with E-state index in [4.69, 9.17) is 31.8 Å². The van der Waals surface area contributed by atoms with Gasteiger partial charge < -0.3 is 15.2 Å². The highest BCUT2D eigenvalue weighted by Gasteiger charge is 2.47. The lowest BCUT2D eigenvalue weighted by Crippen LogP contribution is -2.43. The molecule has 1 aromatic rings. The molecule has 8 heteroatoms. The molecule has 2 atom stereocenters. The summed E-state index contributed by atoms with van der Waals surface area (Å²) in [4.78, 5) is 35.3. The van der Waals surface area contributed by atoms with E-state index >= 15 is 0 Å². The molecule has 160 valence electrons. The molecule has 3 heterocycles. The molecular formula is C22H26ClN3O4. The quantitative estimate of drug-likeness (QED) is 0.566. The lowest BCUT2D eigenvalue weighted by molar-refractivity contribution is -0.129. The monoisotopic (exact) mass is 431 g/mol. The normalized spacial score (nSPS) is 31.4. The fourth-order valence-electron chi connectivity index (χ4n) is 5.59. The summed E-state index contributed by atoms with van der Waals surface area (Å²) in [5.41, 5.74) is 7.85. The predicted molar refractivity (Wildman–Crippen MR) is 109 cm³/mol. The molecule has 7 nitrogen and oxygen atoms in total. The molecule has 0 bridgehead atoms. The first-order valence-corrected chi connectivity index (χ1v) is 11.1. The van der Waals surface area contributed by atoms with E-state index in [1.807, 2.05) is 0 Å². The van der Waals surface area contributed by atoms with Gasteiger partial charge >= 0.3 is 0 Å². The summed E-state index contributed by atoms with van der Waals surface area (Å²) in [5.74, 6) is -0.0831. The predicted octanol–water partition coefficient (Wildman–Crippen LogP) is 3.03. The zero-order valence-corrected chi connectivity index (χ0v) is 17.7. The number of ketones is 2. The number of nitrogens with zero attached hydrogens (tertiary/aromatic N) is 2. The SMILES string of the molecule is NC1=C(C(=O)c2nc(Cl)c3c(n2)[C@@]2(CCOC2)COC3)CCC[C@@]12CCCCC2=O. The molecule has 2 N–H and O–H groups in total. The Morgan fingerprint density at radius 3 is 2.60 bits per heavy atom. The highest BCUT2D eigenvalue weighted by molar-refractivity contribution is 6.30. The van der Waals surface area contributed by atoms with Gasteiger partial charge in [-0.25, -0.2) is 9.97 Å². The average Bonchev–Trinajstić information content (AvgIpc) is 3.21. The van der Waals surface area contributed by atoms with Crippen LogP contribution in [0.25, 0.3) is 0 Å². The van der Waals surface area contributed by atoms with E-state index < -0.39 is 5.41 Å². The summed E-state index contributed by atoms with van der Waals surface area (Å²) in [7, 11) is 0. The number of hydrogen-bond donors (Lipinski definition) is 1. The Balaban J connectivity index is 1.57. The van der Waals surface area contributed by atoms with Gasteiger partial charge in [-0.3, -0.25) is 9.59 Å². The van der Waals surface area contributed by atoms with Crippen LogP contribution in [0.5, 0.6) is 0 Å². The van der Waals surface area contributed by atoms with Gasteiger partial charge in [-0.05, 0) is 38.5 Å². The van der Waals surface area contributed by atoms with Crippen LogP contribution in [0.2, 0.25) is 5.15 Å². The Labute approximate surface area is 180 Å².